The van der Waals surface area contributed by atoms with Gasteiger partial charge in [-0.3, -0.25) is 4.79 Å². The maximum Gasteiger partial charge on any atom is 0.334 e. The third-order valence-electron chi connectivity index (χ3n) is 3.66. The summed E-state index contributed by atoms with van der Waals surface area (Å²) in [7, 11) is 0. The molecule has 2 N–H and O–H groups in total. The Balaban J connectivity index is 1.88. The zero-order valence-corrected chi connectivity index (χ0v) is 11.9. The number of carbonyl (C=O) groups excluding carboxylic acids is 1. The number of carboxylic acids is 1. The minimum Gasteiger partial charge on any atom is -0.479 e. The number of hydrogen-bond acceptors (Lipinski definition) is 3. The van der Waals surface area contributed by atoms with Crippen molar-refractivity contribution >= 4 is 22.8 Å². The van der Waals surface area contributed by atoms with Gasteiger partial charge < -0.3 is 19.7 Å². The number of fused-ring (bicyclic) bond motifs is 1. The number of aromatic amines is 1. The van der Waals surface area contributed by atoms with Crippen LogP contribution < -0.4 is 0 Å². The Bertz CT molecular complexity index is 742. The van der Waals surface area contributed by atoms with Crippen molar-refractivity contribution in [1.82, 2.24) is 9.88 Å². The summed E-state index contributed by atoms with van der Waals surface area (Å²) >= 11 is 0. The summed E-state index contributed by atoms with van der Waals surface area (Å²) in [4.78, 5) is 27.9. The number of halogens is 1. The summed E-state index contributed by atoms with van der Waals surface area (Å²) < 4.78 is 19.0. The van der Waals surface area contributed by atoms with Gasteiger partial charge in [0.25, 0.3) is 5.91 Å². The van der Waals surface area contributed by atoms with Crippen LogP contribution in [0.25, 0.3) is 10.9 Å². The second kappa shape index (κ2) is 5.42. The number of ether oxygens (including phenoxy) is 1. The third-order valence-corrected chi connectivity index (χ3v) is 3.66. The Kier molecular flexibility index (Phi) is 3.58. The lowest BCUT2D eigenvalue weighted by molar-refractivity contribution is -0.160. The number of aromatic nitrogens is 1. The van der Waals surface area contributed by atoms with Crippen molar-refractivity contribution in [3.05, 3.63) is 35.8 Å². The minimum absolute atomic E-state index is 0.0314. The number of H-pyrrole nitrogens is 1. The third kappa shape index (κ3) is 2.55. The van der Waals surface area contributed by atoms with E-state index < -0.39 is 17.9 Å². The second-order valence-electron chi connectivity index (χ2n) is 5.37. The summed E-state index contributed by atoms with van der Waals surface area (Å²) in [5.74, 6) is -1.88. The standard InChI is InChI=1S/C15H15FN2O4/c1-8-6-18(7-13(22-8)15(20)21)14(19)12-5-9-10(16)3-2-4-11(9)17-12/h2-5,8,13,17H,6-7H2,1H3,(H,20,21)/t8-,13?/m1/s1. The number of amides is 1. The Labute approximate surface area is 125 Å². The van der Waals surface area contributed by atoms with E-state index in [4.69, 9.17) is 9.84 Å². The molecule has 0 aliphatic carbocycles. The number of carboxylic acid groups (broad SMARTS) is 1. The molecule has 1 amide bonds. The fourth-order valence-electron chi connectivity index (χ4n) is 2.66. The first-order valence-electron chi connectivity index (χ1n) is 6.90. The molecule has 0 saturated carbocycles. The van der Waals surface area contributed by atoms with Crippen molar-refractivity contribution in [2.24, 2.45) is 0 Å². The van der Waals surface area contributed by atoms with Crippen molar-refractivity contribution in [1.29, 1.82) is 0 Å². The van der Waals surface area contributed by atoms with Gasteiger partial charge in [0, 0.05) is 17.4 Å². The molecule has 1 unspecified atom stereocenters. The molecular formula is C15H15FN2O4. The highest BCUT2D eigenvalue weighted by Gasteiger charge is 2.33. The van der Waals surface area contributed by atoms with Crippen molar-refractivity contribution in [3.8, 4) is 0 Å². The van der Waals surface area contributed by atoms with Crippen LogP contribution in [0.2, 0.25) is 0 Å². The van der Waals surface area contributed by atoms with Gasteiger partial charge in [-0.2, -0.15) is 0 Å². The molecule has 1 aromatic carbocycles. The quantitative estimate of drug-likeness (QED) is 0.883. The second-order valence-corrected chi connectivity index (χ2v) is 5.37. The predicted octanol–water partition coefficient (Wildman–Crippen LogP) is 1.62. The predicted molar refractivity (Wildman–Crippen MR) is 76.1 cm³/mol. The van der Waals surface area contributed by atoms with Gasteiger partial charge in [-0.05, 0) is 25.1 Å². The molecule has 1 aliphatic rings. The van der Waals surface area contributed by atoms with E-state index in [-0.39, 0.29) is 24.2 Å². The number of morpholine rings is 1. The maximum absolute atomic E-state index is 13.7. The molecule has 2 atom stereocenters. The molecule has 1 saturated heterocycles. The Morgan fingerprint density at radius 2 is 2.18 bits per heavy atom. The Hall–Kier alpha value is -2.41. The molecule has 0 radical (unpaired) electrons. The average Bonchev–Trinajstić information content (AvgIpc) is 2.91. The van der Waals surface area contributed by atoms with Gasteiger partial charge in [0.05, 0.1) is 12.6 Å². The molecule has 1 aliphatic heterocycles. The summed E-state index contributed by atoms with van der Waals surface area (Å²) in [6, 6.07) is 6.00. The largest absolute Gasteiger partial charge is 0.479 e. The monoisotopic (exact) mass is 306 g/mol. The lowest BCUT2D eigenvalue weighted by Crippen LogP contribution is -2.51. The van der Waals surface area contributed by atoms with Crippen LogP contribution in [0.15, 0.2) is 24.3 Å². The van der Waals surface area contributed by atoms with Gasteiger partial charge in [0.15, 0.2) is 6.10 Å². The molecule has 1 fully saturated rings. The van der Waals surface area contributed by atoms with Crippen LogP contribution in [0.1, 0.15) is 17.4 Å². The topological polar surface area (TPSA) is 82.6 Å². The molecule has 7 heteroatoms. The van der Waals surface area contributed by atoms with Gasteiger partial charge >= 0.3 is 5.97 Å². The first-order chi connectivity index (χ1) is 10.5. The van der Waals surface area contributed by atoms with E-state index >= 15 is 0 Å². The maximum atomic E-state index is 13.7. The molecule has 116 valence electrons. The molecule has 6 nitrogen and oxygen atoms in total. The van der Waals surface area contributed by atoms with Crippen LogP contribution in [0.4, 0.5) is 4.39 Å². The lowest BCUT2D eigenvalue weighted by Gasteiger charge is -2.34. The van der Waals surface area contributed by atoms with Gasteiger partial charge in [-0.1, -0.05) is 6.07 Å². The van der Waals surface area contributed by atoms with Crippen LogP contribution in [0.3, 0.4) is 0 Å². The molecule has 0 bridgehead atoms. The summed E-state index contributed by atoms with van der Waals surface area (Å²) in [5, 5.41) is 9.39. The minimum atomic E-state index is -1.10. The summed E-state index contributed by atoms with van der Waals surface area (Å²) in [5.41, 5.74) is 0.762. The van der Waals surface area contributed by atoms with E-state index in [1.165, 1.54) is 17.0 Å². The summed E-state index contributed by atoms with van der Waals surface area (Å²) in [6.07, 6.45) is -1.42. The number of benzene rings is 1. The molecule has 1 aromatic heterocycles. The number of hydrogen-bond donors (Lipinski definition) is 2. The highest BCUT2D eigenvalue weighted by molar-refractivity contribution is 5.98. The number of aliphatic carboxylic acids is 1. The van der Waals surface area contributed by atoms with E-state index in [1.807, 2.05) is 0 Å². The van der Waals surface area contributed by atoms with E-state index in [0.717, 1.165) is 0 Å². The first-order valence-corrected chi connectivity index (χ1v) is 6.90. The van der Waals surface area contributed by atoms with Crippen LogP contribution >= 0.6 is 0 Å². The highest BCUT2D eigenvalue weighted by atomic mass is 19.1. The van der Waals surface area contributed by atoms with Gasteiger partial charge in [0.2, 0.25) is 0 Å². The Morgan fingerprint density at radius 3 is 2.86 bits per heavy atom. The Morgan fingerprint density at radius 1 is 1.41 bits per heavy atom. The van der Waals surface area contributed by atoms with E-state index in [0.29, 0.717) is 17.4 Å². The molecule has 22 heavy (non-hydrogen) atoms. The molecular weight excluding hydrogens is 291 g/mol. The fraction of sp³-hybridized carbons (Fsp3) is 0.333. The van der Waals surface area contributed by atoms with Crippen LogP contribution in [0.5, 0.6) is 0 Å². The first kappa shape index (κ1) is 14.5. The number of rotatable bonds is 2. The van der Waals surface area contributed by atoms with Crippen molar-refractivity contribution < 1.29 is 23.8 Å². The van der Waals surface area contributed by atoms with Gasteiger partial charge in [-0.25, -0.2) is 9.18 Å². The van der Waals surface area contributed by atoms with E-state index in [1.54, 1.807) is 19.1 Å². The van der Waals surface area contributed by atoms with Crippen LogP contribution in [0, 0.1) is 5.82 Å². The molecule has 0 spiro atoms. The molecule has 3 rings (SSSR count). The fourth-order valence-corrected chi connectivity index (χ4v) is 2.66. The van der Waals surface area contributed by atoms with Crippen molar-refractivity contribution in [3.63, 3.8) is 0 Å². The molecule has 2 heterocycles. The highest BCUT2D eigenvalue weighted by Crippen LogP contribution is 2.21. The van der Waals surface area contributed by atoms with Crippen molar-refractivity contribution in [2.45, 2.75) is 19.1 Å². The zero-order valence-electron chi connectivity index (χ0n) is 11.9. The smallest absolute Gasteiger partial charge is 0.334 e. The van der Waals surface area contributed by atoms with Crippen molar-refractivity contribution in [2.75, 3.05) is 13.1 Å². The number of nitrogens with one attached hydrogen (secondary N) is 1. The number of carbonyl (C=O) groups is 2. The van der Waals surface area contributed by atoms with Crippen LogP contribution in [-0.2, 0) is 9.53 Å². The van der Waals surface area contributed by atoms with Gasteiger partial charge in [0.1, 0.15) is 11.5 Å². The van der Waals surface area contributed by atoms with E-state index in [2.05, 4.69) is 4.98 Å². The molecule has 2 aromatic rings. The normalized spacial score (nSPS) is 22.0. The lowest BCUT2D eigenvalue weighted by atomic mass is 10.2. The zero-order chi connectivity index (χ0) is 15.9. The average molecular weight is 306 g/mol. The van der Waals surface area contributed by atoms with E-state index in [9.17, 15) is 14.0 Å². The van der Waals surface area contributed by atoms with Crippen LogP contribution in [-0.4, -0.2) is 52.2 Å². The summed E-state index contributed by atoms with van der Waals surface area (Å²) in [6.45, 7) is 1.97. The van der Waals surface area contributed by atoms with Gasteiger partial charge in [-0.15, -0.1) is 0 Å². The SMILES string of the molecule is C[C@@H]1CN(C(=O)c2cc3c(F)cccc3[nH]2)CC(C(=O)O)O1. The number of nitrogens with zero attached hydrogens (tertiary/aromatic N) is 1.